The van der Waals surface area contributed by atoms with Crippen LogP contribution in [0.4, 0.5) is 0 Å². The van der Waals surface area contributed by atoms with Gasteiger partial charge in [-0.25, -0.2) is 4.79 Å². The van der Waals surface area contributed by atoms with E-state index < -0.39 is 5.97 Å². The molecule has 0 aromatic heterocycles. The summed E-state index contributed by atoms with van der Waals surface area (Å²) >= 11 is 0. The molecule has 1 unspecified atom stereocenters. The molecule has 0 saturated heterocycles. The number of hydrogen-bond donors (Lipinski definition) is 1. The summed E-state index contributed by atoms with van der Waals surface area (Å²) < 4.78 is 5.12. The second-order valence-electron chi connectivity index (χ2n) is 3.39. The third kappa shape index (κ3) is 4.99. The van der Waals surface area contributed by atoms with Crippen molar-refractivity contribution >= 4 is 24.2 Å². The molecule has 1 aliphatic heterocycles. The first-order valence-electron chi connectivity index (χ1n) is 4.69. The summed E-state index contributed by atoms with van der Waals surface area (Å²) in [5.74, 6) is 0.0828. The molecule has 0 spiro atoms. The lowest BCUT2D eigenvalue weighted by molar-refractivity contribution is -0.144. The van der Waals surface area contributed by atoms with Crippen LogP contribution in [0.25, 0.3) is 0 Å². The van der Waals surface area contributed by atoms with Gasteiger partial charge in [-0.2, -0.15) is 0 Å². The molecule has 1 rings (SSSR count). The van der Waals surface area contributed by atoms with Crippen molar-refractivity contribution in [1.29, 1.82) is 0 Å². The van der Waals surface area contributed by atoms with E-state index in [0.717, 1.165) is 18.9 Å². The van der Waals surface area contributed by atoms with Crippen LogP contribution in [0.1, 0.15) is 13.8 Å². The number of halogens is 1. The number of hydrogen-bond acceptors (Lipinski definition) is 4. The molecule has 5 nitrogen and oxygen atoms in total. The van der Waals surface area contributed by atoms with E-state index in [1.165, 1.54) is 0 Å². The van der Waals surface area contributed by atoms with Crippen LogP contribution in [0.5, 0.6) is 0 Å². The van der Waals surface area contributed by atoms with Gasteiger partial charge in [-0.1, -0.05) is 0 Å². The summed E-state index contributed by atoms with van der Waals surface area (Å²) in [6.45, 7) is 6.04. The van der Waals surface area contributed by atoms with Crippen LogP contribution < -0.4 is 0 Å². The number of aliphatic carboxylic acids is 1. The van der Waals surface area contributed by atoms with Crippen LogP contribution in [0, 0.1) is 0 Å². The average Bonchev–Trinajstić information content (AvgIpc) is 2.49. The molecular formula is C9H17ClN2O3. The molecule has 1 aliphatic rings. The molecule has 0 aromatic carbocycles. The van der Waals surface area contributed by atoms with Gasteiger partial charge >= 0.3 is 5.97 Å². The van der Waals surface area contributed by atoms with Crippen molar-refractivity contribution < 1.29 is 14.6 Å². The standard InChI is InChI=1S/C9H16N2O3.ClH/c1-7(14-6-9(12)13)5-11-4-3-10-8(11)2;/h7H,3-6H2,1-2H3,(H,12,13);1H. The Morgan fingerprint density at radius 3 is 2.87 bits per heavy atom. The molecule has 6 heteroatoms. The Bertz CT molecular complexity index is 246. The van der Waals surface area contributed by atoms with Gasteiger partial charge in [0.1, 0.15) is 6.61 Å². The molecule has 88 valence electrons. The minimum absolute atomic E-state index is 0. The van der Waals surface area contributed by atoms with Gasteiger partial charge in [-0.15, -0.1) is 12.4 Å². The summed E-state index contributed by atoms with van der Waals surface area (Å²) in [4.78, 5) is 16.6. The maximum Gasteiger partial charge on any atom is 0.329 e. The number of nitrogens with zero attached hydrogens (tertiary/aromatic N) is 2. The molecule has 0 aliphatic carbocycles. The third-order valence-corrected chi connectivity index (χ3v) is 2.14. The van der Waals surface area contributed by atoms with Gasteiger partial charge in [-0.05, 0) is 13.8 Å². The second-order valence-corrected chi connectivity index (χ2v) is 3.39. The highest BCUT2D eigenvalue weighted by Crippen LogP contribution is 2.03. The largest absolute Gasteiger partial charge is 0.480 e. The van der Waals surface area contributed by atoms with E-state index in [-0.39, 0.29) is 25.1 Å². The van der Waals surface area contributed by atoms with Gasteiger partial charge in [0.05, 0.1) is 18.5 Å². The predicted molar refractivity (Wildman–Crippen MR) is 59.8 cm³/mol. The molecule has 0 radical (unpaired) electrons. The maximum absolute atomic E-state index is 10.2. The van der Waals surface area contributed by atoms with Crippen LogP contribution in [0.15, 0.2) is 4.99 Å². The predicted octanol–water partition coefficient (Wildman–Crippen LogP) is 0.632. The highest BCUT2D eigenvalue weighted by atomic mass is 35.5. The first-order chi connectivity index (χ1) is 6.59. The van der Waals surface area contributed by atoms with E-state index in [1.54, 1.807) is 0 Å². The SMILES string of the molecule is CC1=NCCN1CC(C)OCC(=O)O.Cl. The normalized spacial score (nSPS) is 16.9. The quantitative estimate of drug-likeness (QED) is 0.761. The lowest BCUT2D eigenvalue weighted by Gasteiger charge is -2.22. The molecule has 1 atom stereocenters. The van der Waals surface area contributed by atoms with Crippen molar-refractivity contribution in [2.75, 3.05) is 26.2 Å². The van der Waals surface area contributed by atoms with Gasteiger partial charge in [0.25, 0.3) is 0 Å². The molecule has 0 amide bonds. The monoisotopic (exact) mass is 236 g/mol. The molecule has 1 heterocycles. The van der Waals surface area contributed by atoms with Crippen molar-refractivity contribution in [3.63, 3.8) is 0 Å². The fraction of sp³-hybridized carbons (Fsp3) is 0.778. The number of amidine groups is 1. The second kappa shape index (κ2) is 6.63. The van der Waals surface area contributed by atoms with E-state index in [1.807, 2.05) is 13.8 Å². The van der Waals surface area contributed by atoms with Crippen molar-refractivity contribution in [3.05, 3.63) is 0 Å². The first-order valence-corrected chi connectivity index (χ1v) is 4.69. The summed E-state index contributed by atoms with van der Waals surface area (Å²) in [6, 6.07) is 0. The smallest absolute Gasteiger partial charge is 0.329 e. The van der Waals surface area contributed by atoms with Crippen molar-refractivity contribution in [2.24, 2.45) is 4.99 Å². The third-order valence-electron chi connectivity index (χ3n) is 2.14. The number of ether oxygens (including phenoxy) is 1. The van der Waals surface area contributed by atoms with E-state index in [0.29, 0.717) is 6.54 Å². The lowest BCUT2D eigenvalue weighted by atomic mass is 10.3. The number of carbonyl (C=O) groups is 1. The van der Waals surface area contributed by atoms with E-state index in [2.05, 4.69) is 9.89 Å². The van der Waals surface area contributed by atoms with Crippen LogP contribution in [0.3, 0.4) is 0 Å². The summed E-state index contributed by atoms with van der Waals surface area (Å²) in [5.41, 5.74) is 0. The Morgan fingerprint density at radius 2 is 2.40 bits per heavy atom. The molecule has 0 fully saturated rings. The van der Waals surface area contributed by atoms with Crippen LogP contribution in [-0.2, 0) is 9.53 Å². The molecule has 0 saturated carbocycles. The Morgan fingerprint density at radius 1 is 1.73 bits per heavy atom. The van der Waals surface area contributed by atoms with Crippen molar-refractivity contribution in [3.8, 4) is 0 Å². The Labute approximate surface area is 95.5 Å². The number of carboxylic acids is 1. The minimum atomic E-state index is -0.927. The van der Waals surface area contributed by atoms with E-state index >= 15 is 0 Å². The molecule has 0 aromatic rings. The van der Waals surface area contributed by atoms with Crippen LogP contribution >= 0.6 is 12.4 Å². The van der Waals surface area contributed by atoms with Gasteiger partial charge in [0.2, 0.25) is 0 Å². The van der Waals surface area contributed by atoms with E-state index in [4.69, 9.17) is 9.84 Å². The van der Waals surface area contributed by atoms with Crippen molar-refractivity contribution in [2.45, 2.75) is 20.0 Å². The molecule has 15 heavy (non-hydrogen) atoms. The minimum Gasteiger partial charge on any atom is -0.480 e. The van der Waals surface area contributed by atoms with Gasteiger partial charge < -0.3 is 14.7 Å². The lowest BCUT2D eigenvalue weighted by Crippen LogP contribution is -2.34. The Balaban J connectivity index is 0.00000196. The zero-order valence-electron chi connectivity index (χ0n) is 8.97. The molecule has 1 N–H and O–H groups in total. The van der Waals surface area contributed by atoms with Gasteiger partial charge in [0.15, 0.2) is 0 Å². The Kier molecular flexibility index (Phi) is 6.27. The van der Waals surface area contributed by atoms with Gasteiger partial charge in [-0.3, -0.25) is 4.99 Å². The molecule has 0 bridgehead atoms. The topological polar surface area (TPSA) is 62.1 Å². The summed E-state index contributed by atoms with van der Waals surface area (Å²) in [5, 5.41) is 8.41. The highest BCUT2D eigenvalue weighted by Gasteiger charge is 2.16. The summed E-state index contributed by atoms with van der Waals surface area (Å²) in [6.07, 6.45) is -0.0747. The van der Waals surface area contributed by atoms with E-state index in [9.17, 15) is 4.79 Å². The first kappa shape index (κ1) is 14.2. The number of rotatable bonds is 5. The highest BCUT2D eigenvalue weighted by molar-refractivity contribution is 5.85. The van der Waals surface area contributed by atoms with Gasteiger partial charge in [0, 0.05) is 13.1 Å². The zero-order chi connectivity index (χ0) is 10.6. The Hall–Kier alpha value is -0.810. The maximum atomic E-state index is 10.2. The number of aliphatic imine (C=N–C) groups is 1. The summed E-state index contributed by atoms with van der Waals surface area (Å²) in [7, 11) is 0. The van der Waals surface area contributed by atoms with Crippen LogP contribution in [-0.4, -0.2) is 54.2 Å². The van der Waals surface area contributed by atoms with Crippen LogP contribution in [0.2, 0.25) is 0 Å². The fourth-order valence-electron chi connectivity index (χ4n) is 1.39. The molecular weight excluding hydrogens is 220 g/mol. The average molecular weight is 237 g/mol. The fourth-order valence-corrected chi connectivity index (χ4v) is 1.39. The number of carboxylic acid groups (broad SMARTS) is 1. The van der Waals surface area contributed by atoms with Crippen molar-refractivity contribution in [1.82, 2.24) is 4.90 Å². The zero-order valence-corrected chi connectivity index (χ0v) is 9.79.